The molecule has 8 atom stereocenters. The van der Waals surface area contributed by atoms with Crippen molar-refractivity contribution in [3.8, 4) is 0 Å². The average Bonchev–Trinajstić information content (AvgIpc) is 2.52. The van der Waals surface area contributed by atoms with Crippen LogP contribution in [0.4, 0.5) is 0 Å². The molecule has 2 fully saturated rings. The van der Waals surface area contributed by atoms with Gasteiger partial charge in [0.15, 0.2) is 0 Å². The van der Waals surface area contributed by atoms with Gasteiger partial charge in [0, 0.05) is 27.5 Å². The van der Waals surface area contributed by atoms with E-state index in [-0.39, 0.29) is 27.8 Å². The van der Waals surface area contributed by atoms with Crippen molar-refractivity contribution in [2.45, 2.75) is 56.9 Å². The summed E-state index contributed by atoms with van der Waals surface area (Å²) >= 11 is 4.65. The molecule has 20 heavy (non-hydrogen) atoms. The van der Waals surface area contributed by atoms with Gasteiger partial charge in [0.05, 0.1) is 14.6 Å². The normalized spacial score (nSPS) is 62.2. The maximum Gasteiger partial charge on any atom is 0.0881 e. The van der Waals surface area contributed by atoms with Gasteiger partial charge in [-0.1, -0.05) is 45.2 Å². The Morgan fingerprint density at radius 3 is 1.75 bits per heavy atom. The Kier molecular flexibility index (Phi) is 4.06. The first-order chi connectivity index (χ1) is 8.73. The van der Waals surface area contributed by atoms with Crippen LogP contribution in [0.5, 0.6) is 0 Å². The molecule has 0 aromatic heterocycles. The molecule has 0 saturated heterocycles. The van der Waals surface area contributed by atoms with E-state index in [0.29, 0.717) is 0 Å². The van der Waals surface area contributed by atoms with Crippen molar-refractivity contribution >= 4 is 45.2 Å². The molecule has 2 saturated carbocycles. The van der Waals surface area contributed by atoms with Crippen molar-refractivity contribution in [1.82, 2.24) is 0 Å². The highest BCUT2D eigenvalue weighted by molar-refractivity contribution is 14.1. The number of hydrogen-bond acceptors (Lipinski definition) is 6. The molecule has 8 heteroatoms. The minimum Gasteiger partial charge on any atom is -0.326 e. The SMILES string of the molecule is CC1(N)C2C(I)C(N)C(N)C2C(N)(N)C(C)(N)C1(C)I. The van der Waals surface area contributed by atoms with Crippen molar-refractivity contribution in [1.29, 1.82) is 0 Å². The van der Waals surface area contributed by atoms with Crippen LogP contribution in [-0.4, -0.2) is 36.2 Å². The first-order valence-corrected chi connectivity index (χ1v) is 9.05. The molecular weight excluding hydrogens is 482 g/mol. The fraction of sp³-hybridized carbons (Fsp3) is 1.00. The van der Waals surface area contributed by atoms with E-state index in [1.54, 1.807) is 0 Å². The van der Waals surface area contributed by atoms with E-state index in [1.807, 2.05) is 20.8 Å². The highest BCUT2D eigenvalue weighted by atomic mass is 127. The van der Waals surface area contributed by atoms with Crippen molar-refractivity contribution < 1.29 is 0 Å². The zero-order valence-electron chi connectivity index (χ0n) is 12.1. The molecule has 0 radical (unpaired) electrons. The van der Waals surface area contributed by atoms with Gasteiger partial charge in [-0.2, -0.15) is 0 Å². The summed E-state index contributed by atoms with van der Waals surface area (Å²) in [5, 5.41) is 0. The van der Waals surface area contributed by atoms with Gasteiger partial charge >= 0.3 is 0 Å². The molecule has 8 unspecified atom stereocenters. The summed E-state index contributed by atoms with van der Waals surface area (Å²) in [6, 6.07) is -0.476. The van der Waals surface area contributed by atoms with Crippen LogP contribution in [0, 0.1) is 11.8 Å². The van der Waals surface area contributed by atoms with Crippen molar-refractivity contribution in [3.63, 3.8) is 0 Å². The Bertz CT molecular complexity index is 384. The molecule has 0 spiro atoms. The Morgan fingerprint density at radius 2 is 1.30 bits per heavy atom. The lowest BCUT2D eigenvalue weighted by Crippen LogP contribution is -2.90. The van der Waals surface area contributed by atoms with Crippen LogP contribution in [0.3, 0.4) is 0 Å². The van der Waals surface area contributed by atoms with E-state index in [2.05, 4.69) is 45.2 Å². The summed E-state index contributed by atoms with van der Waals surface area (Å²) in [6.45, 7) is 5.92. The first kappa shape index (κ1) is 17.6. The maximum atomic E-state index is 6.74. The zero-order valence-corrected chi connectivity index (χ0v) is 16.4. The van der Waals surface area contributed by atoms with Gasteiger partial charge in [-0.05, 0) is 26.7 Å². The lowest BCUT2D eigenvalue weighted by atomic mass is 9.52. The minimum absolute atomic E-state index is 0.0293. The Balaban J connectivity index is 2.69. The Labute approximate surface area is 147 Å². The molecular formula is C12H26I2N6. The highest BCUT2D eigenvalue weighted by Gasteiger charge is 2.74. The summed E-state index contributed by atoms with van der Waals surface area (Å²) in [6.07, 6.45) is 0. The Hall–Kier alpha value is 1.22. The summed E-state index contributed by atoms with van der Waals surface area (Å²) in [4.78, 5) is 0. The molecule has 2 aliphatic carbocycles. The molecule has 6 nitrogen and oxygen atoms in total. The quantitative estimate of drug-likeness (QED) is 0.139. The van der Waals surface area contributed by atoms with Crippen LogP contribution in [-0.2, 0) is 0 Å². The highest BCUT2D eigenvalue weighted by Crippen LogP contribution is 2.59. The molecule has 0 amide bonds. The van der Waals surface area contributed by atoms with E-state index in [0.717, 1.165) is 0 Å². The Morgan fingerprint density at radius 1 is 0.850 bits per heavy atom. The summed E-state index contributed by atoms with van der Waals surface area (Å²) < 4.78 is -0.366. The topological polar surface area (TPSA) is 156 Å². The molecule has 12 N–H and O–H groups in total. The minimum atomic E-state index is -1.12. The van der Waals surface area contributed by atoms with Crippen LogP contribution in [0.1, 0.15) is 20.8 Å². The van der Waals surface area contributed by atoms with Crippen LogP contribution in [0.2, 0.25) is 0 Å². The summed E-state index contributed by atoms with van der Waals surface area (Å²) in [5.41, 5.74) is 36.4. The number of nitrogens with two attached hydrogens (primary N) is 6. The zero-order chi connectivity index (χ0) is 15.9. The number of halogens is 2. The van der Waals surface area contributed by atoms with Crippen molar-refractivity contribution in [3.05, 3.63) is 0 Å². The van der Waals surface area contributed by atoms with Gasteiger partial charge in [-0.15, -0.1) is 0 Å². The maximum absolute atomic E-state index is 6.74. The molecule has 0 aliphatic heterocycles. The molecule has 0 aromatic carbocycles. The van der Waals surface area contributed by atoms with Crippen molar-refractivity contribution in [2.24, 2.45) is 46.2 Å². The number of fused-ring (bicyclic) bond motifs is 1. The van der Waals surface area contributed by atoms with Gasteiger partial charge in [-0.25, -0.2) is 0 Å². The largest absolute Gasteiger partial charge is 0.326 e. The third-order valence-electron chi connectivity index (χ3n) is 6.09. The summed E-state index contributed by atoms with van der Waals surface area (Å²) in [7, 11) is 0. The smallest absolute Gasteiger partial charge is 0.0881 e. The van der Waals surface area contributed by atoms with Crippen LogP contribution in [0.15, 0.2) is 0 Å². The predicted octanol–water partition coefficient (Wildman–Crippen LogP) is -1.05. The second kappa shape index (κ2) is 4.62. The monoisotopic (exact) mass is 508 g/mol. The lowest BCUT2D eigenvalue weighted by molar-refractivity contribution is -0.0137. The fourth-order valence-electron chi connectivity index (χ4n) is 4.07. The van der Waals surface area contributed by atoms with E-state index >= 15 is 0 Å². The van der Waals surface area contributed by atoms with Crippen molar-refractivity contribution in [2.75, 3.05) is 0 Å². The third-order valence-corrected chi connectivity index (χ3v) is 9.98. The van der Waals surface area contributed by atoms with Crippen LogP contribution in [0.25, 0.3) is 0 Å². The first-order valence-electron chi connectivity index (χ1n) is 6.72. The van der Waals surface area contributed by atoms with Gasteiger partial charge in [-0.3, -0.25) is 0 Å². The van der Waals surface area contributed by atoms with Gasteiger partial charge < -0.3 is 34.4 Å². The second-order valence-electron chi connectivity index (χ2n) is 7.07. The van der Waals surface area contributed by atoms with E-state index < -0.39 is 20.2 Å². The molecule has 2 rings (SSSR count). The molecule has 2 aliphatic rings. The van der Waals surface area contributed by atoms with E-state index in [4.69, 9.17) is 34.4 Å². The third kappa shape index (κ3) is 1.76. The van der Waals surface area contributed by atoms with Crippen LogP contribution < -0.4 is 34.4 Å². The van der Waals surface area contributed by atoms with Gasteiger partial charge in [0.1, 0.15) is 0 Å². The molecule has 118 valence electrons. The standard InChI is InChI=1S/C12H26I2N6/c1-9(17)4-5(7(15)8(16)6(4)13)12(19,20)11(3,18)10(9,2)14/h4-8H,15-20H2,1-3H3. The molecule has 0 heterocycles. The van der Waals surface area contributed by atoms with E-state index in [9.17, 15) is 0 Å². The number of alkyl halides is 2. The fourth-order valence-corrected chi connectivity index (χ4v) is 6.57. The van der Waals surface area contributed by atoms with E-state index in [1.165, 1.54) is 0 Å². The van der Waals surface area contributed by atoms with Crippen LogP contribution >= 0.6 is 45.2 Å². The second-order valence-corrected chi connectivity index (χ2v) is 10.7. The molecule has 0 aromatic rings. The summed E-state index contributed by atoms with van der Waals surface area (Å²) in [5.74, 6) is -0.172. The average molecular weight is 508 g/mol. The molecule has 0 bridgehead atoms. The number of rotatable bonds is 0. The number of hydrogen-bond donors (Lipinski definition) is 6. The van der Waals surface area contributed by atoms with Gasteiger partial charge in [0.2, 0.25) is 0 Å². The predicted molar refractivity (Wildman–Crippen MR) is 99.5 cm³/mol. The van der Waals surface area contributed by atoms with Gasteiger partial charge in [0.25, 0.3) is 0 Å². The lowest BCUT2D eigenvalue weighted by Gasteiger charge is -2.66.